The number of carbonyl (C=O) groups excluding carboxylic acids is 1. The average Bonchev–Trinajstić information content (AvgIpc) is 2.47. The van der Waals surface area contributed by atoms with E-state index in [1.807, 2.05) is 30.3 Å². The Hall–Kier alpha value is -2.75. The highest BCUT2D eigenvalue weighted by Crippen LogP contribution is 2.27. The Morgan fingerprint density at radius 1 is 1.10 bits per heavy atom. The number of hydrogen-bond donors (Lipinski definition) is 0. The second-order valence-corrected chi connectivity index (χ2v) is 4.51. The molecule has 0 unspecified atom stereocenters. The minimum Gasteiger partial charge on any atom is -0.867 e. The van der Waals surface area contributed by atoms with Crippen molar-refractivity contribution in [1.29, 1.82) is 0 Å². The summed E-state index contributed by atoms with van der Waals surface area (Å²) in [5.41, 5.74) is 1.72. The molecular weight excluding hydrogens is 252 g/mol. The normalized spacial score (nSPS) is 10.7. The lowest BCUT2D eigenvalue weighted by atomic mass is 10.0. The Morgan fingerprint density at radius 2 is 1.80 bits per heavy atom. The van der Waals surface area contributed by atoms with E-state index in [0.717, 1.165) is 5.56 Å². The summed E-state index contributed by atoms with van der Waals surface area (Å²) in [6.07, 6.45) is 1.70. The standard InChI is InChI=1S/C16H12N2O2/c1-11(19)14-15(12-7-3-2-4-8-12)17-18-10-6-5-9-13(18)16(14)20/h2-10H,1H3. The van der Waals surface area contributed by atoms with Crippen molar-refractivity contribution >= 4 is 11.3 Å². The summed E-state index contributed by atoms with van der Waals surface area (Å²) in [5, 5.41) is 16.9. The summed E-state index contributed by atoms with van der Waals surface area (Å²) in [6, 6.07) is 14.5. The molecule has 1 aromatic carbocycles. The van der Waals surface area contributed by atoms with E-state index in [9.17, 15) is 9.90 Å². The molecule has 20 heavy (non-hydrogen) atoms. The van der Waals surface area contributed by atoms with Crippen LogP contribution in [0.1, 0.15) is 17.3 Å². The molecule has 0 aliphatic heterocycles. The lowest BCUT2D eigenvalue weighted by Crippen LogP contribution is -2.29. The molecule has 0 aliphatic rings. The van der Waals surface area contributed by atoms with Gasteiger partial charge in [-0.15, -0.1) is 0 Å². The largest absolute Gasteiger partial charge is 0.867 e. The van der Waals surface area contributed by atoms with Crippen molar-refractivity contribution in [2.45, 2.75) is 6.92 Å². The number of hydrogen-bond acceptors (Lipinski definition) is 3. The number of nitrogens with zero attached hydrogens (tertiary/aromatic N) is 2. The Labute approximate surface area is 115 Å². The highest BCUT2D eigenvalue weighted by molar-refractivity contribution is 6.03. The van der Waals surface area contributed by atoms with Gasteiger partial charge in [0, 0.05) is 28.4 Å². The molecule has 0 bridgehead atoms. The fourth-order valence-corrected chi connectivity index (χ4v) is 2.22. The summed E-state index contributed by atoms with van der Waals surface area (Å²) in [4.78, 5) is 11.9. The first-order valence-corrected chi connectivity index (χ1v) is 6.26. The van der Waals surface area contributed by atoms with Crippen LogP contribution in [0.25, 0.3) is 16.8 Å². The molecule has 0 saturated heterocycles. The zero-order valence-corrected chi connectivity index (χ0v) is 10.9. The van der Waals surface area contributed by atoms with Crippen LogP contribution < -0.4 is 9.62 Å². The van der Waals surface area contributed by atoms with Gasteiger partial charge in [-0.2, -0.15) is 0 Å². The lowest BCUT2D eigenvalue weighted by molar-refractivity contribution is -0.582. The van der Waals surface area contributed by atoms with E-state index in [4.69, 9.17) is 0 Å². The third-order valence-corrected chi connectivity index (χ3v) is 3.14. The maximum atomic E-state index is 12.5. The molecule has 2 aromatic heterocycles. The predicted molar refractivity (Wildman–Crippen MR) is 72.3 cm³/mol. The van der Waals surface area contributed by atoms with Crippen LogP contribution in [0.15, 0.2) is 54.7 Å². The molecule has 3 aromatic rings. The molecule has 0 spiro atoms. The fourth-order valence-electron chi connectivity index (χ4n) is 2.22. The first-order chi connectivity index (χ1) is 9.68. The maximum Gasteiger partial charge on any atom is 0.231 e. The van der Waals surface area contributed by atoms with Crippen LogP contribution in [0.2, 0.25) is 0 Å². The Bertz CT molecular complexity index is 798. The average molecular weight is 264 g/mol. The zero-order valence-electron chi connectivity index (χ0n) is 10.9. The molecule has 0 fully saturated rings. The van der Waals surface area contributed by atoms with Crippen LogP contribution >= 0.6 is 0 Å². The van der Waals surface area contributed by atoms with E-state index in [2.05, 4.69) is 5.10 Å². The van der Waals surface area contributed by atoms with E-state index in [1.165, 1.54) is 11.4 Å². The molecule has 0 N–H and O–H groups in total. The fraction of sp³-hybridized carbons (Fsp3) is 0.0625. The highest BCUT2D eigenvalue weighted by Gasteiger charge is 2.19. The van der Waals surface area contributed by atoms with Crippen molar-refractivity contribution in [3.63, 3.8) is 0 Å². The van der Waals surface area contributed by atoms with Crippen LogP contribution in [-0.2, 0) is 0 Å². The van der Waals surface area contributed by atoms with Gasteiger partial charge in [0.2, 0.25) is 11.7 Å². The molecule has 0 aliphatic carbocycles. The number of benzene rings is 1. The Kier molecular flexibility index (Phi) is 2.91. The van der Waals surface area contributed by atoms with Gasteiger partial charge in [-0.25, -0.2) is 0 Å². The molecule has 2 heterocycles. The van der Waals surface area contributed by atoms with Gasteiger partial charge >= 0.3 is 0 Å². The van der Waals surface area contributed by atoms with Gasteiger partial charge in [0.15, 0.2) is 5.78 Å². The van der Waals surface area contributed by atoms with Gasteiger partial charge < -0.3 is 5.11 Å². The quantitative estimate of drug-likeness (QED) is 0.523. The van der Waals surface area contributed by atoms with E-state index >= 15 is 0 Å². The second kappa shape index (κ2) is 4.74. The SMILES string of the molecule is CC(=O)c1c(-c2ccccc2)n[n+]2ccccc2c1[O-]. The van der Waals surface area contributed by atoms with Crippen LogP contribution in [0.3, 0.4) is 0 Å². The summed E-state index contributed by atoms with van der Waals surface area (Å²) in [6.45, 7) is 1.39. The second-order valence-electron chi connectivity index (χ2n) is 4.51. The van der Waals surface area contributed by atoms with Crippen LogP contribution in [-0.4, -0.2) is 10.9 Å². The zero-order chi connectivity index (χ0) is 14.1. The molecule has 98 valence electrons. The van der Waals surface area contributed by atoms with Gasteiger partial charge in [-0.1, -0.05) is 34.8 Å². The van der Waals surface area contributed by atoms with E-state index in [1.54, 1.807) is 24.4 Å². The van der Waals surface area contributed by atoms with Crippen molar-refractivity contribution in [3.8, 4) is 17.0 Å². The first kappa shape index (κ1) is 12.3. The van der Waals surface area contributed by atoms with E-state index in [0.29, 0.717) is 11.2 Å². The third kappa shape index (κ3) is 1.91. The molecule has 0 atom stereocenters. The molecule has 0 radical (unpaired) electrons. The molecule has 4 heteroatoms. The predicted octanol–water partition coefficient (Wildman–Crippen LogP) is 1.76. The summed E-state index contributed by atoms with van der Waals surface area (Å²) < 4.78 is 1.51. The number of rotatable bonds is 2. The first-order valence-electron chi connectivity index (χ1n) is 6.26. The number of pyridine rings is 1. The van der Waals surface area contributed by atoms with Crippen molar-refractivity contribution in [1.82, 2.24) is 5.10 Å². The van der Waals surface area contributed by atoms with Gasteiger partial charge in [-0.3, -0.25) is 4.79 Å². The molecule has 0 saturated carbocycles. The maximum absolute atomic E-state index is 12.5. The monoisotopic (exact) mass is 264 g/mol. The van der Waals surface area contributed by atoms with Crippen molar-refractivity contribution in [2.75, 3.05) is 0 Å². The van der Waals surface area contributed by atoms with Gasteiger partial charge in [-0.05, 0) is 18.7 Å². The van der Waals surface area contributed by atoms with Gasteiger partial charge in [0.1, 0.15) is 5.69 Å². The number of aromatic nitrogens is 2. The number of carbonyl (C=O) groups is 1. The summed E-state index contributed by atoms with van der Waals surface area (Å²) in [5.74, 6) is -0.556. The molecule has 0 amide bonds. The van der Waals surface area contributed by atoms with Crippen LogP contribution in [0.4, 0.5) is 0 Å². The van der Waals surface area contributed by atoms with Gasteiger partial charge in [0.25, 0.3) is 0 Å². The highest BCUT2D eigenvalue weighted by atomic mass is 16.3. The summed E-state index contributed by atoms with van der Waals surface area (Å²) in [7, 11) is 0. The van der Waals surface area contributed by atoms with Crippen molar-refractivity contribution in [3.05, 3.63) is 60.3 Å². The van der Waals surface area contributed by atoms with Crippen molar-refractivity contribution < 1.29 is 14.4 Å². The minimum atomic E-state index is -0.285. The molecular formula is C16H12N2O2. The van der Waals surface area contributed by atoms with Crippen LogP contribution in [0, 0.1) is 0 Å². The number of ketones is 1. The molecule has 4 nitrogen and oxygen atoms in total. The smallest absolute Gasteiger partial charge is 0.231 e. The van der Waals surface area contributed by atoms with E-state index < -0.39 is 0 Å². The lowest BCUT2D eigenvalue weighted by Gasteiger charge is -2.13. The van der Waals surface area contributed by atoms with Gasteiger partial charge in [0.05, 0.1) is 0 Å². The Balaban J connectivity index is 2.41. The van der Waals surface area contributed by atoms with Crippen LogP contribution in [0.5, 0.6) is 5.75 Å². The topological polar surface area (TPSA) is 57.1 Å². The summed E-state index contributed by atoms with van der Waals surface area (Å²) >= 11 is 0. The van der Waals surface area contributed by atoms with Crippen molar-refractivity contribution in [2.24, 2.45) is 0 Å². The molecule has 3 rings (SSSR count). The van der Waals surface area contributed by atoms with E-state index in [-0.39, 0.29) is 17.1 Å². The third-order valence-electron chi connectivity index (χ3n) is 3.14. The number of fused-ring (bicyclic) bond motifs is 1. The Morgan fingerprint density at radius 3 is 2.50 bits per heavy atom. The minimum absolute atomic E-state index is 0.141. The number of Topliss-reactive ketones (excluding diaryl/α,β-unsaturated/α-hetero) is 1.